The maximum absolute atomic E-state index is 13.5. The maximum Gasteiger partial charge on any atom is 0.276 e. The number of hydrogen-bond donors (Lipinski definition) is 2. The molecule has 2 aromatic heterocycles. The van der Waals surface area contributed by atoms with Crippen LogP contribution in [0, 0.1) is 5.82 Å². The number of nitrogens with one attached hydrogen (secondary N) is 2. The third kappa shape index (κ3) is 2.76. The van der Waals surface area contributed by atoms with Crippen LogP contribution in [-0.2, 0) is 11.3 Å². The first-order valence-corrected chi connectivity index (χ1v) is 7.63. The number of nitrogens with zero attached hydrogens (tertiary/aromatic N) is 2. The van der Waals surface area contributed by atoms with Crippen LogP contribution in [0.2, 0.25) is 0 Å². The van der Waals surface area contributed by atoms with Gasteiger partial charge in [-0.15, -0.1) is 0 Å². The molecule has 0 unspecified atom stereocenters. The van der Waals surface area contributed by atoms with Crippen LogP contribution in [0.25, 0.3) is 21.8 Å². The number of hydrogen-bond acceptors (Lipinski definition) is 3. The third-order valence-corrected chi connectivity index (χ3v) is 3.91. The Bertz CT molecular complexity index is 1150. The van der Waals surface area contributed by atoms with Gasteiger partial charge in [0, 0.05) is 17.3 Å². The lowest BCUT2D eigenvalue weighted by atomic mass is 10.2. The number of anilines is 1. The van der Waals surface area contributed by atoms with Crippen LogP contribution in [0.4, 0.5) is 10.1 Å². The fraction of sp³-hybridized carbons (Fsp3) is 0.0556. The minimum absolute atomic E-state index is 0.181. The Kier molecular flexibility index (Phi) is 3.53. The number of benzene rings is 2. The summed E-state index contributed by atoms with van der Waals surface area (Å²) in [5.41, 5.74) is 1.29. The van der Waals surface area contributed by atoms with E-state index in [2.05, 4.69) is 15.4 Å². The van der Waals surface area contributed by atoms with Gasteiger partial charge in [-0.3, -0.25) is 19.7 Å². The summed E-state index contributed by atoms with van der Waals surface area (Å²) in [4.78, 5) is 28.8. The summed E-state index contributed by atoms with van der Waals surface area (Å²) >= 11 is 0. The number of pyridine rings is 1. The summed E-state index contributed by atoms with van der Waals surface area (Å²) in [5.74, 6) is -0.763. The Hall–Kier alpha value is -3.48. The van der Waals surface area contributed by atoms with Crippen molar-refractivity contribution in [2.75, 3.05) is 5.32 Å². The molecular formula is C18H13FN4O2. The lowest BCUT2D eigenvalue weighted by molar-refractivity contribution is -0.116. The molecule has 2 N–H and O–H groups in total. The van der Waals surface area contributed by atoms with Crippen molar-refractivity contribution in [3.8, 4) is 0 Å². The van der Waals surface area contributed by atoms with Crippen LogP contribution in [0.15, 0.2) is 59.5 Å². The minimum Gasteiger partial charge on any atom is -0.324 e. The molecule has 6 nitrogen and oxygen atoms in total. The zero-order valence-corrected chi connectivity index (χ0v) is 13.0. The average molecular weight is 336 g/mol. The number of fused-ring (bicyclic) bond motifs is 3. The number of carbonyl (C=O) groups is 1. The van der Waals surface area contributed by atoms with E-state index in [1.54, 1.807) is 30.3 Å². The van der Waals surface area contributed by atoms with Gasteiger partial charge in [0.2, 0.25) is 5.91 Å². The summed E-state index contributed by atoms with van der Waals surface area (Å²) in [6, 6.07) is 13.1. The highest BCUT2D eigenvalue weighted by Gasteiger charge is 2.13. The molecule has 0 aliphatic heterocycles. The number of carbonyl (C=O) groups excluding carboxylic acids is 1. The standard InChI is InChI=1S/C18H13FN4O2/c19-11-6-7-15-13(8-11)17-14(9-20-15)18(25)23(22-17)10-16(24)21-12-4-2-1-3-5-12/h1-9,22H,10H2,(H,21,24). The van der Waals surface area contributed by atoms with Crippen molar-refractivity contribution in [1.82, 2.24) is 14.8 Å². The molecule has 2 heterocycles. The molecular weight excluding hydrogens is 323 g/mol. The smallest absolute Gasteiger partial charge is 0.276 e. The van der Waals surface area contributed by atoms with Crippen LogP contribution in [-0.4, -0.2) is 20.7 Å². The van der Waals surface area contributed by atoms with Crippen molar-refractivity contribution in [1.29, 1.82) is 0 Å². The monoisotopic (exact) mass is 336 g/mol. The molecule has 4 aromatic rings. The molecule has 25 heavy (non-hydrogen) atoms. The van der Waals surface area contributed by atoms with E-state index in [9.17, 15) is 14.0 Å². The Morgan fingerprint density at radius 3 is 2.76 bits per heavy atom. The van der Waals surface area contributed by atoms with E-state index in [1.807, 2.05) is 6.07 Å². The minimum atomic E-state index is -0.419. The first-order valence-electron chi connectivity index (χ1n) is 7.63. The first kappa shape index (κ1) is 15.1. The van der Waals surface area contributed by atoms with Crippen molar-refractivity contribution in [3.63, 3.8) is 0 Å². The number of amides is 1. The predicted octanol–water partition coefficient (Wildman–Crippen LogP) is 2.66. The van der Waals surface area contributed by atoms with E-state index >= 15 is 0 Å². The molecule has 7 heteroatoms. The van der Waals surface area contributed by atoms with E-state index in [0.717, 1.165) is 0 Å². The van der Waals surface area contributed by atoms with Crippen LogP contribution in [0.5, 0.6) is 0 Å². The number of halogens is 1. The van der Waals surface area contributed by atoms with Gasteiger partial charge in [-0.25, -0.2) is 9.07 Å². The van der Waals surface area contributed by atoms with E-state index in [0.29, 0.717) is 27.5 Å². The number of aromatic amines is 1. The van der Waals surface area contributed by atoms with Gasteiger partial charge in [-0.2, -0.15) is 0 Å². The molecule has 4 rings (SSSR count). The zero-order valence-electron chi connectivity index (χ0n) is 13.0. The molecule has 0 bridgehead atoms. The molecule has 0 fully saturated rings. The topological polar surface area (TPSA) is 79.8 Å². The zero-order chi connectivity index (χ0) is 17.4. The lowest BCUT2D eigenvalue weighted by Crippen LogP contribution is -2.26. The van der Waals surface area contributed by atoms with Gasteiger partial charge in [-0.05, 0) is 30.3 Å². The van der Waals surface area contributed by atoms with Gasteiger partial charge < -0.3 is 5.32 Å². The summed E-state index contributed by atoms with van der Waals surface area (Å²) < 4.78 is 14.7. The third-order valence-electron chi connectivity index (χ3n) is 3.91. The second-order valence-electron chi connectivity index (χ2n) is 5.63. The molecule has 0 aliphatic rings. The highest BCUT2D eigenvalue weighted by Crippen LogP contribution is 2.20. The largest absolute Gasteiger partial charge is 0.324 e. The number of H-pyrrole nitrogens is 1. The maximum atomic E-state index is 13.5. The van der Waals surface area contributed by atoms with Crippen molar-refractivity contribution in [2.45, 2.75) is 6.54 Å². The van der Waals surface area contributed by atoms with Gasteiger partial charge in [0.1, 0.15) is 12.4 Å². The lowest BCUT2D eigenvalue weighted by Gasteiger charge is -2.05. The molecule has 0 atom stereocenters. The van der Waals surface area contributed by atoms with E-state index in [-0.39, 0.29) is 18.0 Å². The Morgan fingerprint density at radius 1 is 1.16 bits per heavy atom. The Morgan fingerprint density at radius 2 is 1.96 bits per heavy atom. The summed E-state index contributed by atoms with van der Waals surface area (Å²) in [5, 5.41) is 6.41. The Balaban J connectivity index is 1.71. The fourth-order valence-electron chi connectivity index (χ4n) is 2.76. The highest BCUT2D eigenvalue weighted by molar-refractivity contribution is 6.02. The summed E-state index contributed by atoms with van der Waals surface area (Å²) in [6.07, 6.45) is 1.43. The second-order valence-corrected chi connectivity index (χ2v) is 5.63. The molecule has 0 spiro atoms. The van der Waals surface area contributed by atoms with E-state index in [1.165, 1.54) is 23.0 Å². The van der Waals surface area contributed by atoms with Gasteiger partial charge >= 0.3 is 0 Å². The van der Waals surface area contributed by atoms with Gasteiger partial charge in [0.05, 0.1) is 16.4 Å². The second kappa shape index (κ2) is 5.86. The van der Waals surface area contributed by atoms with E-state index in [4.69, 9.17) is 0 Å². The van der Waals surface area contributed by atoms with Crippen molar-refractivity contribution in [3.05, 3.63) is 70.9 Å². The molecule has 0 radical (unpaired) electrons. The van der Waals surface area contributed by atoms with Gasteiger partial charge in [0.25, 0.3) is 5.56 Å². The quantitative estimate of drug-likeness (QED) is 0.604. The van der Waals surface area contributed by atoms with Crippen molar-refractivity contribution < 1.29 is 9.18 Å². The van der Waals surface area contributed by atoms with Crippen molar-refractivity contribution in [2.24, 2.45) is 0 Å². The van der Waals surface area contributed by atoms with Crippen LogP contribution in [0.3, 0.4) is 0 Å². The molecule has 2 aromatic carbocycles. The molecule has 0 saturated carbocycles. The first-order chi connectivity index (χ1) is 12.1. The Labute approximate surface area is 140 Å². The van der Waals surface area contributed by atoms with E-state index < -0.39 is 5.82 Å². The molecule has 0 saturated heterocycles. The molecule has 1 amide bonds. The van der Waals surface area contributed by atoms with Crippen molar-refractivity contribution >= 4 is 33.4 Å². The summed E-state index contributed by atoms with van der Waals surface area (Å²) in [6.45, 7) is -0.181. The number of aromatic nitrogens is 3. The molecule has 0 aliphatic carbocycles. The fourth-order valence-corrected chi connectivity index (χ4v) is 2.76. The highest BCUT2D eigenvalue weighted by atomic mass is 19.1. The van der Waals surface area contributed by atoms with Gasteiger partial charge in [-0.1, -0.05) is 18.2 Å². The summed E-state index contributed by atoms with van der Waals surface area (Å²) in [7, 11) is 0. The normalized spacial score (nSPS) is 11.1. The van der Waals surface area contributed by atoms with Crippen LogP contribution in [0.1, 0.15) is 0 Å². The SMILES string of the molecule is O=C(Cn1[nH]c2c(cnc3ccc(F)cc32)c1=O)Nc1ccccc1. The average Bonchev–Trinajstić information content (AvgIpc) is 2.92. The van der Waals surface area contributed by atoms with Gasteiger partial charge in [0.15, 0.2) is 0 Å². The predicted molar refractivity (Wildman–Crippen MR) is 92.9 cm³/mol. The number of para-hydroxylation sites is 1. The van der Waals surface area contributed by atoms with Crippen LogP contribution >= 0.6 is 0 Å². The number of rotatable bonds is 3. The molecule has 124 valence electrons. The van der Waals surface area contributed by atoms with Crippen LogP contribution < -0.4 is 10.9 Å².